The Labute approximate surface area is 165 Å². The summed E-state index contributed by atoms with van der Waals surface area (Å²) in [6, 6.07) is 15.6. The molecule has 0 amide bonds. The van der Waals surface area contributed by atoms with Crippen LogP contribution in [0.1, 0.15) is 38.2 Å². The highest BCUT2D eigenvalue weighted by molar-refractivity contribution is 6.31. The summed E-state index contributed by atoms with van der Waals surface area (Å²) in [5, 5.41) is 12.6. The van der Waals surface area contributed by atoms with E-state index >= 15 is 0 Å². The molecule has 0 aromatic heterocycles. The van der Waals surface area contributed by atoms with Crippen molar-refractivity contribution in [1.29, 1.82) is 0 Å². The lowest BCUT2D eigenvalue weighted by molar-refractivity contribution is -0.534. The predicted molar refractivity (Wildman–Crippen MR) is 109 cm³/mol. The fourth-order valence-electron chi connectivity index (χ4n) is 4.21. The Morgan fingerprint density at radius 1 is 1.15 bits per heavy atom. The Balaban J connectivity index is 1.78. The van der Waals surface area contributed by atoms with Crippen molar-refractivity contribution in [1.82, 2.24) is 0 Å². The van der Waals surface area contributed by atoms with E-state index in [1.165, 1.54) is 12.3 Å². The van der Waals surface area contributed by atoms with Crippen molar-refractivity contribution in [3.63, 3.8) is 0 Å². The number of benzene rings is 2. The van der Waals surface area contributed by atoms with Crippen LogP contribution in [-0.4, -0.2) is 35.2 Å². The average Bonchev–Trinajstić information content (AvgIpc) is 2.78. The number of nitrogens with zero attached hydrogens (tertiary/aromatic N) is 2. The number of hydrogen-bond donors (Lipinski definition) is 1. The Kier molecular flexibility index (Phi) is 5.11. The summed E-state index contributed by atoms with van der Waals surface area (Å²) < 4.78 is 7.90. The first-order valence-corrected chi connectivity index (χ1v) is 10.1. The van der Waals surface area contributed by atoms with Gasteiger partial charge in [0.2, 0.25) is 0 Å². The number of ether oxygens (including phenoxy) is 1. The molecule has 0 radical (unpaired) electrons. The minimum atomic E-state index is -1.12. The maximum absolute atomic E-state index is 11.9. The number of hydrogen-bond acceptors (Lipinski definition) is 3. The molecule has 0 fully saturated rings. The van der Waals surface area contributed by atoms with Gasteiger partial charge in [-0.25, -0.2) is 0 Å². The quantitative estimate of drug-likeness (QED) is 0.793. The molecule has 0 aliphatic carbocycles. The summed E-state index contributed by atoms with van der Waals surface area (Å²) in [6.07, 6.45) is 4.49. The smallest absolute Gasteiger partial charge is 0.275 e. The Bertz CT molecular complexity index is 850. The van der Waals surface area contributed by atoms with E-state index < -0.39 is 5.72 Å². The fraction of sp³-hybridized carbons (Fsp3) is 0.409. The minimum Gasteiger partial charge on any atom is -0.494 e. The Morgan fingerprint density at radius 2 is 1.96 bits per heavy atom. The van der Waals surface area contributed by atoms with Crippen LogP contribution >= 0.6 is 11.6 Å². The maximum atomic E-state index is 11.9. The molecule has 0 saturated heterocycles. The Hall–Kier alpha value is -2.04. The topological polar surface area (TPSA) is 35.7 Å². The zero-order valence-corrected chi connectivity index (χ0v) is 16.5. The van der Waals surface area contributed by atoms with Gasteiger partial charge < -0.3 is 9.84 Å². The first-order chi connectivity index (χ1) is 13.1. The van der Waals surface area contributed by atoms with Crippen molar-refractivity contribution in [3.05, 3.63) is 59.1 Å². The fourth-order valence-corrected chi connectivity index (χ4v) is 4.39. The summed E-state index contributed by atoms with van der Waals surface area (Å²) in [5.74, 6) is 2.01. The number of anilines is 1. The summed E-state index contributed by atoms with van der Waals surface area (Å²) >= 11 is 6.28. The largest absolute Gasteiger partial charge is 0.494 e. The van der Waals surface area contributed by atoms with E-state index in [1.807, 2.05) is 55.5 Å². The molecular weight excluding hydrogens is 360 g/mol. The van der Waals surface area contributed by atoms with Crippen molar-refractivity contribution in [3.8, 4) is 5.75 Å². The van der Waals surface area contributed by atoms with E-state index in [-0.39, 0.29) is 0 Å². The molecule has 2 aliphatic rings. The zero-order valence-electron chi connectivity index (χ0n) is 15.7. The van der Waals surface area contributed by atoms with Gasteiger partial charge in [-0.05, 0) is 62.6 Å². The van der Waals surface area contributed by atoms with Crippen molar-refractivity contribution >= 4 is 23.1 Å². The van der Waals surface area contributed by atoms with E-state index in [2.05, 4.69) is 9.48 Å². The van der Waals surface area contributed by atoms with Gasteiger partial charge in [-0.2, -0.15) is 4.90 Å². The molecule has 2 aromatic rings. The van der Waals surface area contributed by atoms with Gasteiger partial charge in [0.1, 0.15) is 11.4 Å². The SMILES string of the molecule is CCOc1ccc([C@@]2(O)C[N+]3=C(CCCCC3)N2c2cccc(Cl)c2)cc1. The predicted octanol–water partition coefficient (Wildman–Crippen LogP) is 4.39. The summed E-state index contributed by atoms with van der Waals surface area (Å²) in [7, 11) is 0. The number of aliphatic hydroxyl groups is 1. The van der Waals surface area contributed by atoms with E-state index in [0.29, 0.717) is 18.2 Å². The molecule has 27 heavy (non-hydrogen) atoms. The highest BCUT2D eigenvalue weighted by Crippen LogP contribution is 2.38. The summed E-state index contributed by atoms with van der Waals surface area (Å²) in [5.41, 5.74) is 0.673. The normalized spacial score (nSPS) is 22.6. The van der Waals surface area contributed by atoms with Gasteiger partial charge in [0.15, 0.2) is 6.54 Å². The van der Waals surface area contributed by atoms with E-state index in [9.17, 15) is 5.11 Å². The molecule has 0 bridgehead atoms. The van der Waals surface area contributed by atoms with Crippen molar-refractivity contribution in [2.75, 3.05) is 24.6 Å². The van der Waals surface area contributed by atoms with Gasteiger partial charge in [-0.15, -0.1) is 0 Å². The third-order valence-corrected chi connectivity index (χ3v) is 5.66. The van der Waals surface area contributed by atoms with E-state index in [0.717, 1.165) is 42.8 Å². The van der Waals surface area contributed by atoms with Crippen LogP contribution in [0.4, 0.5) is 5.69 Å². The molecule has 2 heterocycles. The van der Waals surface area contributed by atoms with E-state index in [1.54, 1.807) is 0 Å². The third kappa shape index (κ3) is 3.44. The summed E-state index contributed by atoms with van der Waals surface area (Å²) in [4.78, 5) is 2.08. The lowest BCUT2D eigenvalue weighted by Gasteiger charge is -2.29. The molecular formula is C22H26ClN2O2+. The molecule has 2 aromatic carbocycles. The van der Waals surface area contributed by atoms with Crippen LogP contribution < -0.4 is 9.64 Å². The number of halogens is 1. The van der Waals surface area contributed by atoms with Crippen molar-refractivity contribution in [2.45, 2.75) is 38.3 Å². The van der Waals surface area contributed by atoms with Crippen LogP contribution in [-0.2, 0) is 5.72 Å². The van der Waals surface area contributed by atoms with Crippen LogP contribution in [0.25, 0.3) is 0 Å². The van der Waals surface area contributed by atoms with E-state index in [4.69, 9.17) is 16.3 Å². The second-order valence-electron chi connectivity index (χ2n) is 7.24. The summed E-state index contributed by atoms with van der Waals surface area (Å²) in [6.45, 7) is 4.13. The average molecular weight is 386 g/mol. The molecule has 0 spiro atoms. The van der Waals surface area contributed by atoms with Gasteiger partial charge in [0, 0.05) is 23.1 Å². The highest BCUT2D eigenvalue weighted by Gasteiger charge is 2.54. The van der Waals surface area contributed by atoms with Gasteiger partial charge >= 0.3 is 0 Å². The maximum Gasteiger partial charge on any atom is 0.275 e. The van der Waals surface area contributed by atoms with Crippen LogP contribution in [0.3, 0.4) is 0 Å². The zero-order chi connectivity index (χ0) is 18.9. The van der Waals surface area contributed by atoms with Gasteiger partial charge in [0.05, 0.1) is 13.2 Å². The van der Waals surface area contributed by atoms with Crippen molar-refractivity contribution < 1.29 is 14.4 Å². The van der Waals surface area contributed by atoms with Crippen LogP contribution in [0, 0.1) is 0 Å². The lowest BCUT2D eigenvalue weighted by atomic mass is 9.99. The van der Waals surface area contributed by atoms with Crippen LogP contribution in [0.2, 0.25) is 5.02 Å². The standard InChI is InChI=1S/C22H26ClN2O2/c1-2-27-20-12-10-17(11-13-20)22(26)16-24-14-5-3-4-9-21(24)25(22)19-8-6-7-18(23)15-19/h6-8,10-13,15,26H,2-5,9,14,16H2,1H3/q+1/t22-/m0/s1. The first-order valence-electron chi connectivity index (χ1n) is 9.74. The Morgan fingerprint density at radius 3 is 2.70 bits per heavy atom. The molecule has 1 N–H and O–H groups in total. The van der Waals surface area contributed by atoms with Gasteiger partial charge in [-0.3, -0.25) is 4.58 Å². The number of amidine groups is 1. The van der Waals surface area contributed by atoms with Crippen LogP contribution in [0.5, 0.6) is 5.75 Å². The molecule has 1 atom stereocenters. The number of rotatable bonds is 4. The van der Waals surface area contributed by atoms with Crippen LogP contribution in [0.15, 0.2) is 48.5 Å². The molecule has 2 aliphatic heterocycles. The van der Waals surface area contributed by atoms with Crippen molar-refractivity contribution in [2.24, 2.45) is 0 Å². The lowest BCUT2D eigenvalue weighted by Crippen LogP contribution is -2.47. The first kappa shape index (κ1) is 18.3. The molecule has 0 unspecified atom stereocenters. The highest BCUT2D eigenvalue weighted by atomic mass is 35.5. The monoisotopic (exact) mass is 385 g/mol. The molecule has 142 valence electrons. The third-order valence-electron chi connectivity index (χ3n) is 5.43. The molecule has 5 heteroatoms. The van der Waals surface area contributed by atoms with Gasteiger partial charge in [-0.1, -0.05) is 17.7 Å². The second-order valence-corrected chi connectivity index (χ2v) is 7.67. The molecule has 4 nitrogen and oxygen atoms in total. The molecule has 0 saturated carbocycles. The second kappa shape index (κ2) is 7.53. The minimum absolute atomic E-state index is 0.558. The molecule has 4 rings (SSSR count). The van der Waals surface area contributed by atoms with Gasteiger partial charge in [0.25, 0.3) is 11.6 Å².